The molecule has 7 nitrogen and oxygen atoms in total. The molecule has 0 radical (unpaired) electrons. The summed E-state index contributed by atoms with van der Waals surface area (Å²) in [6.45, 7) is 7.82. The number of carbonyl (C=O) groups excluding carboxylic acids is 3. The molecule has 32 heavy (non-hydrogen) atoms. The molecule has 0 aliphatic carbocycles. The van der Waals surface area contributed by atoms with Gasteiger partial charge in [0.25, 0.3) is 0 Å². The minimum atomic E-state index is -0.471. The number of ether oxygens (including phenoxy) is 2. The van der Waals surface area contributed by atoms with Gasteiger partial charge in [-0.2, -0.15) is 0 Å². The molecule has 2 amide bonds. The van der Waals surface area contributed by atoms with Crippen LogP contribution in [0.1, 0.15) is 51.3 Å². The molecule has 2 aromatic rings. The lowest BCUT2D eigenvalue weighted by Gasteiger charge is -2.34. The van der Waals surface area contributed by atoms with Crippen molar-refractivity contribution in [3.05, 3.63) is 53.6 Å². The van der Waals surface area contributed by atoms with E-state index in [0.717, 1.165) is 27.9 Å². The summed E-state index contributed by atoms with van der Waals surface area (Å²) in [5.41, 5.74) is 4.48. The molecule has 1 aliphatic rings. The molecule has 0 bridgehead atoms. The predicted octanol–water partition coefficient (Wildman–Crippen LogP) is 4.39. The fourth-order valence-corrected chi connectivity index (χ4v) is 3.85. The summed E-state index contributed by atoms with van der Waals surface area (Å²) in [6.07, 6.45) is 0.143. The third kappa shape index (κ3) is 5.66. The number of esters is 1. The quantitative estimate of drug-likeness (QED) is 0.676. The average Bonchev–Trinajstić information content (AvgIpc) is 2.73. The number of rotatable bonds is 6. The lowest BCUT2D eigenvalue weighted by atomic mass is 9.92. The van der Waals surface area contributed by atoms with E-state index in [9.17, 15) is 14.4 Å². The highest BCUT2D eigenvalue weighted by molar-refractivity contribution is 5.93. The van der Waals surface area contributed by atoms with Crippen molar-refractivity contribution in [2.75, 3.05) is 18.1 Å². The van der Waals surface area contributed by atoms with Crippen LogP contribution < -0.4 is 10.2 Å². The zero-order chi connectivity index (χ0) is 23.3. The summed E-state index contributed by atoms with van der Waals surface area (Å²) >= 11 is 0. The maximum Gasteiger partial charge on any atom is 0.407 e. The standard InChI is InChI=1S/C25H30N2O5/c1-5-31-24(29)14-18-6-8-19(9-7-18)20-10-11-23-21(15-20)22(12-13-27(23)17(4)28)26-25(30)32-16(2)3/h6-11,15-16,22H,5,12-14H2,1-4H3,(H,26,30)/t22-/m1/s1. The van der Waals surface area contributed by atoms with Gasteiger partial charge < -0.3 is 19.7 Å². The molecule has 1 heterocycles. The van der Waals surface area contributed by atoms with Gasteiger partial charge in [0.15, 0.2) is 0 Å². The van der Waals surface area contributed by atoms with Gasteiger partial charge in [-0.15, -0.1) is 0 Å². The molecule has 3 rings (SSSR count). The molecule has 1 aliphatic heterocycles. The van der Waals surface area contributed by atoms with Crippen LogP contribution in [0.5, 0.6) is 0 Å². The Balaban J connectivity index is 1.88. The number of benzene rings is 2. The monoisotopic (exact) mass is 438 g/mol. The van der Waals surface area contributed by atoms with Crippen molar-refractivity contribution in [1.82, 2.24) is 5.32 Å². The number of amides is 2. The van der Waals surface area contributed by atoms with Crippen LogP contribution in [0.3, 0.4) is 0 Å². The van der Waals surface area contributed by atoms with E-state index in [2.05, 4.69) is 5.32 Å². The first-order valence-electron chi connectivity index (χ1n) is 10.9. The second-order valence-corrected chi connectivity index (χ2v) is 8.06. The fourth-order valence-electron chi connectivity index (χ4n) is 3.85. The molecule has 0 spiro atoms. The summed E-state index contributed by atoms with van der Waals surface area (Å²) in [5.74, 6) is -0.286. The Labute approximate surface area is 188 Å². The maximum atomic E-state index is 12.2. The second-order valence-electron chi connectivity index (χ2n) is 8.06. The molecule has 1 N–H and O–H groups in total. The zero-order valence-corrected chi connectivity index (χ0v) is 19.0. The Kier molecular flexibility index (Phi) is 7.51. The summed E-state index contributed by atoms with van der Waals surface area (Å²) in [5, 5.41) is 2.94. The summed E-state index contributed by atoms with van der Waals surface area (Å²) in [6, 6.07) is 13.4. The predicted molar refractivity (Wildman–Crippen MR) is 122 cm³/mol. The summed E-state index contributed by atoms with van der Waals surface area (Å²) in [7, 11) is 0. The lowest BCUT2D eigenvalue weighted by molar-refractivity contribution is -0.142. The van der Waals surface area contributed by atoms with Gasteiger partial charge in [-0.25, -0.2) is 4.79 Å². The minimum absolute atomic E-state index is 0.0366. The third-order valence-corrected chi connectivity index (χ3v) is 5.29. The molecular formula is C25H30N2O5. The van der Waals surface area contributed by atoms with Crippen LogP contribution >= 0.6 is 0 Å². The van der Waals surface area contributed by atoms with Crippen LogP contribution in [0, 0.1) is 0 Å². The van der Waals surface area contributed by atoms with Gasteiger partial charge >= 0.3 is 12.1 Å². The number of nitrogens with zero attached hydrogens (tertiary/aromatic N) is 1. The molecule has 0 saturated carbocycles. The first-order valence-corrected chi connectivity index (χ1v) is 10.9. The van der Waals surface area contributed by atoms with Crippen molar-refractivity contribution in [3.63, 3.8) is 0 Å². The van der Waals surface area contributed by atoms with Gasteiger partial charge in [-0.3, -0.25) is 9.59 Å². The molecule has 170 valence electrons. The number of anilines is 1. The largest absolute Gasteiger partial charge is 0.466 e. The number of hydrogen-bond donors (Lipinski definition) is 1. The van der Waals surface area contributed by atoms with Crippen LogP contribution in [-0.2, 0) is 25.5 Å². The Morgan fingerprint density at radius 2 is 1.78 bits per heavy atom. The number of alkyl carbamates (subject to hydrolysis) is 1. The summed E-state index contributed by atoms with van der Waals surface area (Å²) < 4.78 is 10.3. The van der Waals surface area contributed by atoms with E-state index < -0.39 is 6.09 Å². The number of carbonyl (C=O) groups is 3. The van der Waals surface area contributed by atoms with Gasteiger partial charge in [0, 0.05) is 19.2 Å². The van der Waals surface area contributed by atoms with E-state index in [4.69, 9.17) is 9.47 Å². The third-order valence-electron chi connectivity index (χ3n) is 5.29. The maximum absolute atomic E-state index is 12.2. The van der Waals surface area contributed by atoms with E-state index in [1.165, 1.54) is 0 Å². The van der Waals surface area contributed by atoms with Crippen molar-refractivity contribution in [2.45, 2.75) is 52.7 Å². The van der Waals surface area contributed by atoms with Crippen molar-refractivity contribution in [2.24, 2.45) is 0 Å². The minimum Gasteiger partial charge on any atom is -0.466 e. The average molecular weight is 439 g/mol. The first-order chi connectivity index (χ1) is 15.3. The molecule has 2 aromatic carbocycles. The highest BCUT2D eigenvalue weighted by Gasteiger charge is 2.29. The number of fused-ring (bicyclic) bond motifs is 1. The SMILES string of the molecule is CCOC(=O)Cc1ccc(-c2ccc3c(c2)[C@H](NC(=O)OC(C)C)CCN3C(C)=O)cc1. The van der Waals surface area contributed by atoms with Crippen molar-refractivity contribution < 1.29 is 23.9 Å². The highest BCUT2D eigenvalue weighted by atomic mass is 16.6. The van der Waals surface area contributed by atoms with Crippen molar-refractivity contribution >= 4 is 23.7 Å². The Bertz CT molecular complexity index is 984. The molecule has 7 heteroatoms. The van der Waals surface area contributed by atoms with E-state index in [0.29, 0.717) is 19.6 Å². The van der Waals surface area contributed by atoms with Gasteiger partial charge in [0.2, 0.25) is 5.91 Å². The number of nitrogens with one attached hydrogen (secondary N) is 1. The highest BCUT2D eigenvalue weighted by Crippen LogP contribution is 2.37. The molecule has 0 saturated heterocycles. The Hall–Kier alpha value is -3.35. The van der Waals surface area contributed by atoms with E-state index >= 15 is 0 Å². The normalized spacial score (nSPS) is 15.2. The Morgan fingerprint density at radius 3 is 2.41 bits per heavy atom. The molecule has 0 unspecified atom stereocenters. The van der Waals surface area contributed by atoms with Gasteiger partial charge in [0.05, 0.1) is 25.2 Å². The summed E-state index contributed by atoms with van der Waals surface area (Å²) in [4.78, 5) is 37.8. The van der Waals surface area contributed by atoms with Gasteiger partial charge in [-0.1, -0.05) is 30.3 Å². The topological polar surface area (TPSA) is 84.9 Å². The van der Waals surface area contributed by atoms with E-state index in [1.807, 2.05) is 42.5 Å². The number of hydrogen-bond acceptors (Lipinski definition) is 5. The van der Waals surface area contributed by atoms with Crippen LogP contribution in [0.25, 0.3) is 11.1 Å². The molecule has 1 atom stereocenters. The first kappa shape index (κ1) is 23.3. The van der Waals surface area contributed by atoms with Crippen LogP contribution in [0.15, 0.2) is 42.5 Å². The van der Waals surface area contributed by atoms with Crippen molar-refractivity contribution in [1.29, 1.82) is 0 Å². The smallest absolute Gasteiger partial charge is 0.407 e. The van der Waals surface area contributed by atoms with Crippen LogP contribution in [0.2, 0.25) is 0 Å². The molecular weight excluding hydrogens is 408 g/mol. The zero-order valence-electron chi connectivity index (χ0n) is 19.0. The van der Waals surface area contributed by atoms with E-state index in [-0.39, 0.29) is 30.4 Å². The molecule has 0 fully saturated rings. The lowest BCUT2D eigenvalue weighted by Crippen LogP contribution is -2.40. The van der Waals surface area contributed by atoms with Crippen LogP contribution in [0.4, 0.5) is 10.5 Å². The van der Waals surface area contributed by atoms with Gasteiger partial charge in [0.1, 0.15) is 0 Å². The van der Waals surface area contributed by atoms with E-state index in [1.54, 1.807) is 32.6 Å². The molecule has 0 aromatic heterocycles. The van der Waals surface area contributed by atoms with Crippen molar-refractivity contribution in [3.8, 4) is 11.1 Å². The fraction of sp³-hybridized carbons (Fsp3) is 0.400. The van der Waals surface area contributed by atoms with Crippen LogP contribution in [-0.4, -0.2) is 37.2 Å². The van der Waals surface area contributed by atoms with Gasteiger partial charge in [-0.05, 0) is 61.6 Å². The Morgan fingerprint density at radius 1 is 1.09 bits per heavy atom. The second kappa shape index (κ2) is 10.3.